The van der Waals surface area contributed by atoms with Gasteiger partial charge in [0.2, 0.25) is 5.91 Å². The van der Waals surface area contributed by atoms with Gasteiger partial charge in [0, 0.05) is 25.1 Å². The molecule has 3 unspecified atom stereocenters. The number of ether oxygens (including phenoxy) is 1. The molecule has 0 spiro atoms. The number of nitrogens with zero attached hydrogens (tertiary/aromatic N) is 1. The van der Waals surface area contributed by atoms with E-state index in [1.54, 1.807) is 0 Å². The topological polar surface area (TPSA) is 108 Å². The lowest BCUT2D eigenvalue weighted by Crippen LogP contribution is -2.62. The van der Waals surface area contributed by atoms with E-state index in [9.17, 15) is 14.4 Å². The van der Waals surface area contributed by atoms with Gasteiger partial charge in [0.05, 0.1) is 6.61 Å². The summed E-state index contributed by atoms with van der Waals surface area (Å²) in [5, 5.41) is 14.3. The van der Waals surface area contributed by atoms with Crippen molar-refractivity contribution < 1.29 is 24.2 Å². The molecular formula is C12H19N3O5. The first-order valence-electron chi connectivity index (χ1n) is 6.63. The van der Waals surface area contributed by atoms with Crippen LogP contribution in [-0.4, -0.2) is 66.3 Å². The van der Waals surface area contributed by atoms with E-state index < -0.39 is 18.0 Å². The molecule has 8 heteroatoms. The van der Waals surface area contributed by atoms with Crippen LogP contribution in [0.2, 0.25) is 0 Å². The molecule has 2 heterocycles. The van der Waals surface area contributed by atoms with Gasteiger partial charge in [-0.3, -0.25) is 9.69 Å². The summed E-state index contributed by atoms with van der Waals surface area (Å²) in [7, 11) is 0. The minimum Gasteiger partial charge on any atom is -0.480 e. The Morgan fingerprint density at radius 1 is 1.55 bits per heavy atom. The zero-order valence-electron chi connectivity index (χ0n) is 11.3. The van der Waals surface area contributed by atoms with Crippen molar-refractivity contribution in [3.05, 3.63) is 0 Å². The third kappa shape index (κ3) is 3.19. The Morgan fingerprint density at radius 2 is 2.30 bits per heavy atom. The fourth-order valence-electron chi connectivity index (χ4n) is 2.42. The number of hydrogen-bond donors (Lipinski definition) is 3. The predicted molar refractivity (Wildman–Crippen MR) is 68.1 cm³/mol. The third-order valence-electron chi connectivity index (χ3n) is 3.75. The largest absolute Gasteiger partial charge is 0.480 e. The predicted octanol–water partition coefficient (Wildman–Crippen LogP) is -0.994. The lowest BCUT2D eigenvalue weighted by Gasteiger charge is -2.34. The molecule has 3 amide bonds. The highest BCUT2D eigenvalue weighted by Crippen LogP contribution is 2.17. The fraction of sp³-hybridized carbons (Fsp3) is 0.750. The van der Waals surface area contributed by atoms with Gasteiger partial charge in [0.15, 0.2) is 0 Å². The number of aliphatic carboxylic acids is 1. The summed E-state index contributed by atoms with van der Waals surface area (Å²) in [5.74, 6) is -1.26. The second kappa shape index (κ2) is 6.08. The molecule has 112 valence electrons. The van der Waals surface area contributed by atoms with Crippen molar-refractivity contribution in [2.24, 2.45) is 5.92 Å². The summed E-state index contributed by atoms with van der Waals surface area (Å²) >= 11 is 0. The molecule has 8 nitrogen and oxygen atoms in total. The van der Waals surface area contributed by atoms with E-state index in [1.807, 2.05) is 6.92 Å². The first kappa shape index (κ1) is 14.6. The van der Waals surface area contributed by atoms with Crippen LogP contribution in [0.1, 0.15) is 13.3 Å². The molecule has 0 aliphatic carbocycles. The van der Waals surface area contributed by atoms with Gasteiger partial charge in [-0.1, -0.05) is 0 Å². The SMILES string of the molecule is CC(NC(=O)N1CC(=O)NCC1C(=O)O)C1CCOC1. The average Bonchev–Trinajstić information content (AvgIpc) is 2.92. The highest BCUT2D eigenvalue weighted by molar-refractivity contribution is 5.90. The summed E-state index contributed by atoms with van der Waals surface area (Å²) < 4.78 is 5.26. The smallest absolute Gasteiger partial charge is 0.328 e. The number of urea groups is 1. The van der Waals surface area contributed by atoms with Gasteiger partial charge in [-0.15, -0.1) is 0 Å². The van der Waals surface area contributed by atoms with Crippen LogP contribution in [0.5, 0.6) is 0 Å². The maximum absolute atomic E-state index is 12.2. The maximum Gasteiger partial charge on any atom is 0.328 e. The van der Waals surface area contributed by atoms with Crippen molar-refractivity contribution in [1.29, 1.82) is 0 Å². The maximum atomic E-state index is 12.2. The Labute approximate surface area is 116 Å². The Kier molecular flexibility index (Phi) is 4.43. The molecule has 20 heavy (non-hydrogen) atoms. The van der Waals surface area contributed by atoms with E-state index in [2.05, 4.69) is 10.6 Å². The quantitative estimate of drug-likeness (QED) is 0.617. The number of hydrogen-bond acceptors (Lipinski definition) is 4. The normalized spacial score (nSPS) is 27.9. The molecule has 2 aliphatic heterocycles. The van der Waals surface area contributed by atoms with E-state index in [4.69, 9.17) is 9.84 Å². The molecule has 0 bridgehead atoms. The summed E-state index contributed by atoms with van der Waals surface area (Å²) in [6.07, 6.45) is 0.865. The molecule has 2 fully saturated rings. The second-order valence-corrected chi connectivity index (χ2v) is 5.15. The van der Waals surface area contributed by atoms with Gasteiger partial charge in [0.1, 0.15) is 12.6 Å². The number of piperazine rings is 1. The molecule has 0 saturated carbocycles. The van der Waals surface area contributed by atoms with Crippen molar-refractivity contribution in [2.45, 2.75) is 25.4 Å². The monoisotopic (exact) mass is 285 g/mol. The summed E-state index contributed by atoms with van der Waals surface area (Å²) in [5.41, 5.74) is 0. The molecule has 2 rings (SSSR count). The molecule has 3 N–H and O–H groups in total. The molecule has 3 atom stereocenters. The molecule has 2 aliphatic rings. The number of carbonyl (C=O) groups is 3. The molecule has 0 radical (unpaired) electrons. The van der Waals surface area contributed by atoms with E-state index in [0.29, 0.717) is 13.2 Å². The minimum absolute atomic E-state index is 0.0670. The van der Waals surface area contributed by atoms with E-state index >= 15 is 0 Å². The lowest BCUT2D eigenvalue weighted by molar-refractivity contribution is -0.144. The summed E-state index contributed by atoms with van der Waals surface area (Å²) in [6, 6.07) is -1.67. The van der Waals surface area contributed by atoms with Gasteiger partial charge in [-0.2, -0.15) is 0 Å². The number of amides is 3. The summed E-state index contributed by atoms with van der Waals surface area (Å²) in [4.78, 5) is 35.7. The van der Waals surface area contributed by atoms with Gasteiger partial charge >= 0.3 is 12.0 Å². The first-order valence-corrected chi connectivity index (χ1v) is 6.63. The second-order valence-electron chi connectivity index (χ2n) is 5.15. The number of carboxylic acids is 1. The number of carboxylic acid groups (broad SMARTS) is 1. The van der Waals surface area contributed by atoms with Crippen LogP contribution in [0, 0.1) is 5.92 Å². The number of nitrogens with one attached hydrogen (secondary N) is 2. The zero-order chi connectivity index (χ0) is 14.7. The number of carbonyl (C=O) groups excluding carboxylic acids is 2. The Hall–Kier alpha value is -1.83. The lowest BCUT2D eigenvalue weighted by atomic mass is 10.0. The van der Waals surface area contributed by atoms with Crippen molar-refractivity contribution in [2.75, 3.05) is 26.3 Å². The first-order chi connectivity index (χ1) is 9.49. The van der Waals surface area contributed by atoms with E-state index in [1.165, 1.54) is 0 Å². The van der Waals surface area contributed by atoms with E-state index in [-0.39, 0.29) is 31.0 Å². The van der Waals surface area contributed by atoms with Crippen LogP contribution in [-0.2, 0) is 14.3 Å². The third-order valence-corrected chi connectivity index (χ3v) is 3.75. The van der Waals surface area contributed by atoms with Crippen molar-refractivity contribution in [3.63, 3.8) is 0 Å². The highest BCUT2D eigenvalue weighted by atomic mass is 16.5. The highest BCUT2D eigenvalue weighted by Gasteiger charge is 2.36. The Bertz CT molecular complexity index is 408. The fourth-order valence-corrected chi connectivity index (χ4v) is 2.42. The molecule has 2 saturated heterocycles. The van der Waals surface area contributed by atoms with Crippen LogP contribution >= 0.6 is 0 Å². The zero-order valence-corrected chi connectivity index (χ0v) is 11.3. The van der Waals surface area contributed by atoms with Crippen LogP contribution in [0.4, 0.5) is 4.79 Å². The molecule has 0 aromatic rings. The van der Waals surface area contributed by atoms with Crippen molar-refractivity contribution in [1.82, 2.24) is 15.5 Å². The minimum atomic E-state index is -1.13. The van der Waals surface area contributed by atoms with Crippen molar-refractivity contribution in [3.8, 4) is 0 Å². The standard InChI is InChI=1S/C12H19N3O5/c1-7(8-2-3-20-6-8)14-12(19)15-5-10(16)13-4-9(15)11(17)18/h7-9H,2-6H2,1H3,(H,13,16)(H,14,19)(H,17,18). The van der Waals surface area contributed by atoms with Gasteiger partial charge < -0.3 is 20.5 Å². The van der Waals surface area contributed by atoms with Gasteiger partial charge in [-0.25, -0.2) is 9.59 Å². The molecular weight excluding hydrogens is 266 g/mol. The summed E-state index contributed by atoms with van der Waals surface area (Å²) in [6.45, 7) is 2.81. The van der Waals surface area contributed by atoms with Gasteiger partial charge in [-0.05, 0) is 13.3 Å². The van der Waals surface area contributed by atoms with Gasteiger partial charge in [0.25, 0.3) is 0 Å². The average molecular weight is 285 g/mol. The van der Waals surface area contributed by atoms with Crippen LogP contribution in [0.15, 0.2) is 0 Å². The van der Waals surface area contributed by atoms with Crippen LogP contribution < -0.4 is 10.6 Å². The van der Waals surface area contributed by atoms with Crippen LogP contribution in [0.3, 0.4) is 0 Å². The van der Waals surface area contributed by atoms with Crippen LogP contribution in [0.25, 0.3) is 0 Å². The van der Waals surface area contributed by atoms with E-state index in [0.717, 1.165) is 11.3 Å². The van der Waals surface area contributed by atoms with Crippen molar-refractivity contribution >= 4 is 17.9 Å². The molecule has 0 aromatic carbocycles. The number of rotatable bonds is 3. The Balaban J connectivity index is 1.97. The Morgan fingerprint density at radius 3 is 2.90 bits per heavy atom. The molecule has 0 aromatic heterocycles.